The number of nitrogens with one attached hydrogen (secondary N) is 2. The monoisotopic (exact) mass is 366 g/mol. The maximum atomic E-state index is 12.0. The minimum Gasteiger partial charge on any atom is -0.465 e. The van der Waals surface area contributed by atoms with Gasteiger partial charge in [0.25, 0.3) is 0 Å². The fraction of sp³-hybridized carbons (Fsp3) is 0.263. The predicted molar refractivity (Wildman–Crippen MR) is 106 cm³/mol. The normalized spacial score (nSPS) is 11.1. The van der Waals surface area contributed by atoms with Gasteiger partial charge in [0.2, 0.25) is 0 Å². The van der Waals surface area contributed by atoms with E-state index >= 15 is 0 Å². The van der Waals surface area contributed by atoms with E-state index in [2.05, 4.69) is 44.2 Å². The van der Waals surface area contributed by atoms with Crippen LogP contribution in [0.1, 0.15) is 29.8 Å². The van der Waals surface area contributed by atoms with Crippen LogP contribution < -0.4 is 10.3 Å². The lowest BCUT2D eigenvalue weighted by atomic mass is 10.1. The number of hydrogen-bond acceptors (Lipinski definition) is 7. The molecule has 0 spiro atoms. The van der Waals surface area contributed by atoms with Crippen molar-refractivity contribution < 1.29 is 9.53 Å². The van der Waals surface area contributed by atoms with E-state index in [1.165, 1.54) is 13.4 Å². The van der Waals surface area contributed by atoms with Crippen molar-refractivity contribution in [2.75, 3.05) is 30.5 Å². The number of H-pyrrole nitrogens is 1. The Morgan fingerprint density at radius 1 is 1.33 bits per heavy atom. The second kappa shape index (κ2) is 8.31. The molecule has 0 unspecified atom stereocenters. The second-order valence-electron chi connectivity index (χ2n) is 5.77. The Kier molecular flexibility index (Phi) is 5.65. The van der Waals surface area contributed by atoms with Gasteiger partial charge in [-0.2, -0.15) is 5.10 Å². The van der Waals surface area contributed by atoms with Gasteiger partial charge in [0, 0.05) is 41.8 Å². The van der Waals surface area contributed by atoms with Crippen molar-refractivity contribution in [3.8, 4) is 0 Å². The number of hydrazone groups is 1. The number of benzene rings is 1. The molecule has 0 bridgehead atoms. The highest BCUT2D eigenvalue weighted by Gasteiger charge is 2.14. The third kappa shape index (κ3) is 3.89. The lowest BCUT2D eigenvalue weighted by Gasteiger charge is -2.19. The molecule has 0 aliphatic rings. The van der Waals surface area contributed by atoms with Gasteiger partial charge in [0.05, 0.1) is 18.9 Å². The molecule has 1 aromatic carbocycles. The molecule has 2 aromatic heterocycles. The molecule has 0 aliphatic heterocycles. The number of aromatic nitrogens is 3. The van der Waals surface area contributed by atoms with Gasteiger partial charge in [0.15, 0.2) is 5.82 Å². The fourth-order valence-electron chi connectivity index (χ4n) is 2.89. The Hall–Kier alpha value is -3.42. The van der Waals surface area contributed by atoms with E-state index in [4.69, 9.17) is 4.74 Å². The largest absolute Gasteiger partial charge is 0.465 e. The highest BCUT2D eigenvalue weighted by Crippen LogP contribution is 2.22. The van der Waals surface area contributed by atoms with E-state index in [1.807, 2.05) is 12.1 Å². The number of nitrogens with zero attached hydrogens (tertiary/aromatic N) is 4. The summed E-state index contributed by atoms with van der Waals surface area (Å²) in [5, 5.41) is 5.02. The average Bonchev–Trinajstić information content (AvgIpc) is 3.12. The SMILES string of the molecule is CCN(CC)c1cc(N/N=C/c2c[nH]c3cccc(C(=O)OC)c23)ncn1. The molecule has 8 nitrogen and oxygen atoms in total. The molecular formula is C19H22N6O2. The lowest BCUT2D eigenvalue weighted by molar-refractivity contribution is 0.0603. The Morgan fingerprint density at radius 3 is 2.89 bits per heavy atom. The summed E-state index contributed by atoms with van der Waals surface area (Å²) in [6.45, 7) is 5.88. The van der Waals surface area contributed by atoms with Crippen molar-refractivity contribution in [2.45, 2.75) is 13.8 Å². The van der Waals surface area contributed by atoms with Crippen LogP contribution in [-0.2, 0) is 4.74 Å². The zero-order chi connectivity index (χ0) is 19.2. The number of hydrogen-bond donors (Lipinski definition) is 2. The summed E-state index contributed by atoms with van der Waals surface area (Å²) in [6.07, 6.45) is 4.95. The summed E-state index contributed by atoms with van der Waals surface area (Å²) in [7, 11) is 1.37. The third-order valence-corrected chi connectivity index (χ3v) is 4.26. The summed E-state index contributed by atoms with van der Waals surface area (Å²) < 4.78 is 4.86. The minimum absolute atomic E-state index is 0.387. The molecule has 0 fully saturated rings. The van der Waals surface area contributed by atoms with Gasteiger partial charge >= 0.3 is 5.97 Å². The van der Waals surface area contributed by atoms with Crippen molar-refractivity contribution in [1.29, 1.82) is 0 Å². The number of rotatable bonds is 7. The van der Waals surface area contributed by atoms with Gasteiger partial charge < -0.3 is 14.6 Å². The second-order valence-corrected chi connectivity index (χ2v) is 5.77. The first kappa shape index (κ1) is 18.4. The molecule has 0 radical (unpaired) electrons. The first-order chi connectivity index (χ1) is 13.2. The number of fused-ring (bicyclic) bond motifs is 1. The standard InChI is InChI=1S/C19H22N6O2/c1-4-25(5-2)17-9-16(21-12-22-17)24-23-11-13-10-20-15-8-6-7-14(18(13)15)19(26)27-3/h6-12,20H,4-5H2,1-3H3,(H,21,22,24)/b23-11+. The number of carbonyl (C=O) groups excluding carboxylic acids is 1. The predicted octanol–water partition coefficient (Wildman–Crippen LogP) is 3.04. The zero-order valence-corrected chi connectivity index (χ0v) is 15.6. The van der Waals surface area contributed by atoms with Crippen LogP contribution in [0, 0.1) is 0 Å². The van der Waals surface area contributed by atoms with Gasteiger partial charge in [-0.1, -0.05) is 6.07 Å². The summed E-state index contributed by atoms with van der Waals surface area (Å²) >= 11 is 0. The summed E-state index contributed by atoms with van der Waals surface area (Å²) in [5.74, 6) is 1.05. The molecule has 8 heteroatoms. The van der Waals surface area contributed by atoms with Gasteiger partial charge in [-0.25, -0.2) is 14.8 Å². The maximum absolute atomic E-state index is 12.0. The van der Waals surface area contributed by atoms with Crippen molar-refractivity contribution in [2.24, 2.45) is 5.10 Å². The van der Waals surface area contributed by atoms with Crippen molar-refractivity contribution >= 4 is 34.7 Å². The highest BCUT2D eigenvalue weighted by molar-refractivity contribution is 6.10. The number of esters is 1. The van der Waals surface area contributed by atoms with Gasteiger partial charge in [-0.15, -0.1) is 0 Å². The molecule has 0 amide bonds. The van der Waals surface area contributed by atoms with Crippen LogP contribution in [0.4, 0.5) is 11.6 Å². The van der Waals surface area contributed by atoms with E-state index in [-0.39, 0.29) is 5.97 Å². The Bertz CT molecular complexity index is 962. The highest BCUT2D eigenvalue weighted by atomic mass is 16.5. The first-order valence-corrected chi connectivity index (χ1v) is 8.72. The van der Waals surface area contributed by atoms with Crippen molar-refractivity contribution in [3.05, 3.63) is 47.9 Å². The number of aromatic amines is 1. The van der Waals surface area contributed by atoms with Crippen LogP contribution in [-0.4, -0.2) is 47.3 Å². The van der Waals surface area contributed by atoms with Crippen LogP contribution in [0.3, 0.4) is 0 Å². The molecule has 27 heavy (non-hydrogen) atoms. The zero-order valence-electron chi connectivity index (χ0n) is 15.6. The van der Waals surface area contributed by atoms with Crippen LogP contribution in [0.2, 0.25) is 0 Å². The average molecular weight is 366 g/mol. The minimum atomic E-state index is -0.387. The molecule has 140 valence electrons. The quantitative estimate of drug-likeness (QED) is 0.379. The van der Waals surface area contributed by atoms with Crippen LogP contribution in [0.25, 0.3) is 10.9 Å². The molecular weight excluding hydrogens is 344 g/mol. The van der Waals surface area contributed by atoms with Crippen LogP contribution >= 0.6 is 0 Å². The molecule has 0 saturated carbocycles. The van der Waals surface area contributed by atoms with E-state index in [9.17, 15) is 4.79 Å². The van der Waals surface area contributed by atoms with Crippen molar-refractivity contribution in [1.82, 2.24) is 15.0 Å². The Balaban J connectivity index is 1.83. The number of methoxy groups -OCH3 is 1. The molecule has 3 aromatic rings. The number of anilines is 2. The molecule has 2 N–H and O–H groups in total. The smallest absolute Gasteiger partial charge is 0.338 e. The van der Waals surface area contributed by atoms with E-state index in [0.717, 1.165) is 35.4 Å². The molecule has 0 saturated heterocycles. The Morgan fingerprint density at radius 2 is 2.15 bits per heavy atom. The van der Waals surface area contributed by atoms with Crippen LogP contribution in [0.5, 0.6) is 0 Å². The van der Waals surface area contributed by atoms with Gasteiger partial charge in [-0.05, 0) is 26.0 Å². The fourth-order valence-corrected chi connectivity index (χ4v) is 2.89. The van der Waals surface area contributed by atoms with Gasteiger partial charge in [0.1, 0.15) is 12.1 Å². The maximum Gasteiger partial charge on any atom is 0.338 e. The number of ether oxygens (including phenoxy) is 1. The van der Waals surface area contributed by atoms with E-state index in [1.54, 1.807) is 24.5 Å². The summed E-state index contributed by atoms with van der Waals surface area (Å²) in [6, 6.07) is 7.28. The van der Waals surface area contributed by atoms with Crippen molar-refractivity contribution in [3.63, 3.8) is 0 Å². The van der Waals surface area contributed by atoms with E-state index in [0.29, 0.717) is 11.4 Å². The third-order valence-electron chi connectivity index (χ3n) is 4.26. The van der Waals surface area contributed by atoms with Gasteiger partial charge in [-0.3, -0.25) is 5.43 Å². The summed E-state index contributed by atoms with van der Waals surface area (Å²) in [4.78, 5) is 25.7. The molecule has 3 rings (SSSR count). The molecule has 0 aliphatic carbocycles. The summed E-state index contributed by atoms with van der Waals surface area (Å²) in [5.41, 5.74) is 5.02. The Labute approximate surface area is 157 Å². The number of carbonyl (C=O) groups is 1. The topological polar surface area (TPSA) is 95.5 Å². The molecule has 2 heterocycles. The molecule has 0 atom stereocenters. The first-order valence-electron chi connectivity index (χ1n) is 8.72. The lowest BCUT2D eigenvalue weighted by Crippen LogP contribution is -2.23. The van der Waals surface area contributed by atoms with E-state index < -0.39 is 0 Å². The van der Waals surface area contributed by atoms with Crippen LogP contribution in [0.15, 0.2) is 41.9 Å².